The molecule has 1 aromatic heterocycles. The Kier molecular flexibility index (Phi) is 3.60. The molecule has 0 N–H and O–H groups in total. The van der Waals surface area contributed by atoms with E-state index in [4.69, 9.17) is 11.6 Å². The van der Waals surface area contributed by atoms with Gasteiger partial charge in [0.1, 0.15) is 6.54 Å². The molecule has 0 aliphatic carbocycles. The summed E-state index contributed by atoms with van der Waals surface area (Å²) in [5, 5.41) is 4.50. The van der Waals surface area contributed by atoms with Crippen molar-refractivity contribution in [3.63, 3.8) is 0 Å². The van der Waals surface area contributed by atoms with Crippen LogP contribution in [-0.4, -0.2) is 15.6 Å². The van der Waals surface area contributed by atoms with Crippen molar-refractivity contribution in [2.75, 3.05) is 0 Å². The van der Waals surface area contributed by atoms with Crippen molar-refractivity contribution in [3.05, 3.63) is 50.8 Å². The third-order valence-corrected chi connectivity index (χ3v) is 2.99. The fourth-order valence-corrected chi connectivity index (χ4v) is 1.81. The van der Waals surface area contributed by atoms with Crippen molar-refractivity contribution in [1.29, 1.82) is 0 Å². The highest BCUT2D eigenvalue weighted by Crippen LogP contribution is 2.09. The van der Waals surface area contributed by atoms with Crippen LogP contribution in [0, 0.1) is 3.57 Å². The van der Waals surface area contributed by atoms with Crippen LogP contribution < -0.4 is 0 Å². The third kappa shape index (κ3) is 2.82. The summed E-state index contributed by atoms with van der Waals surface area (Å²) in [4.78, 5) is 11.8. The summed E-state index contributed by atoms with van der Waals surface area (Å²) in [5.74, 6) is 0.0242. The predicted octanol–water partition coefficient (Wildman–Crippen LogP) is 3.02. The maximum absolute atomic E-state index is 11.8. The number of aromatic nitrogens is 2. The summed E-state index contributed by atoms with van der Waals surface area (Å²) in [7, 11) is 0. The van der Waals surface area contributed by atoms with Crippen LogP contribution in [0.15, 0.2) is 36.7 Å². The Bertz CT molecular complexity index is 507. The highest BCUT2D eigenvalue weighted by Gasteiger charge is 2.07. The minimum Gasteiger partial charge on any atom is -0.292 e. The maximum atomic E-state index is 11.8. The first-order valence-electron chi connectivity index (χ1n) is 4.62. The second-order valence-corrected chi connectivity index (χ2v) is 4.97. The van der Waals surface area contributed by atoms with Gasteiger partial charge in [0.2, 0.25) is 0 Å². The smallest absolute Gasteiger partial charge is 0.184 e. The normalized spacial score (nSPS) is 10.4. The van der Waals surface area contributed by atoms with Crippen molar-refractivity contribution in [1.82, 2.24) is 9.78 Å². The van der Waals surface area contributed by atoms with Crippen LogP contribution in [0.5, 0.6) is 0 Å². The van der Waals surface area contributed by atoms with Crippen molar-refractivity contribution in [2.24, 2.45) is 0 Å². The van der Waals surface area contributed by atoms with Crippen LogP contribution in [-0.2, 0) is 6.54 Å². The molecular weight excluding hydrogens is 338 g/mol. The molecule has 2 rings (SSSR count). The zero-order valence-corrected chi connectivity index (χ0v) is 11.1. The van der Waals surface area contributed by atoms with E-state index in [9.17, 15) is 4.79 Å². The molecule has 0 fully saturated rings. The maximum Gasteiger partial charge on any atom is 0.184 e. The average molecular weight is 347 g/mol. The summed E-state index contributed by atoms with van der Waals surface area (Å²) in [6.07, 6.45) is 3.15. The molecule has 2 aromatic rings. The number of benzene rings is 1. The molecule has 16 heavy (non-hydrogen) atoms. The van der Waals surface area contributed by atoms with E-state index < -0.39 is 0 Å². The number of halogens is 2. The van der Waals surface area contributed by atoms with Gasteiger partial charge in [0.25, 0.3) is 0 Å². The highest BCUT2D eigenvalue weighted by molar-refractivity contribution is 14.1. The first-order valence-corrected chi connectivity index (χ1v) is 6.07. The van der Waals surface area contributed by atoms with Crippen molar-refractivity contribution < 1.29 is 4.79 Å². The van der Waals surface area contributed by atoms with Crippen LogP contribution in [0.3, 0.4) is 0 Å². The Morgan fingerprint density at radius 1 is 1.38 bits per heavy atom. The van der Waals surface area contributed by atoms with Gasteiger partial charge in [-0.1, -0.05) is 23.7 Å². The standard InChI is InChI=1S/C11H8ClIN2O/c12-9-5-14-15(6-9)7-11(16)8-1-3-10(13)4-2-8/h1-6H,7H2. The van der Waals surface area contributed by atoms with E-state index in [0.717, 1.165) is 3.57 Å². The van der Waals surface area contributed by atoms with Crippen molar-refractivity contribution in [3.8, 4) is 0 Å². The Labute approximate surface area is 112 Å². The highest BCUT2D eigenvalue weighted by atomic mass is 127. The molecule has 0 aliphatic heterocycles. The van der Waals surface area contributed by atoms with Gasteiger partial charge in [0, 0.05) is 15.3 Å². The number of carbonyl (C=O) groups excluding carboxylic acids is 1. The largest absolute Gasteiger partial charge is 0.292 e. The van der Waals surface area contributed by atoms with E-state index in [1.54, 1.807) is 6.20 Å². The molecular formula is C11H8ClIN2O. The number of carbonyl (C=O) groups is 1. The van der Waals surface area contributed by atoms with Crippen LogP contribution in [0.4, 0.5) is 0 Å². The molecule has 5 heteroatoms. The van der Waals surface area contributed by atoms with Crippen LogP contribution in [0.1, 0.15) is 10.4 Å². The first kappa shape index (κ1) is 11.6. The van der Waals surface area contributed by atoms with Crippen LogP contribution in [0.25, 0.3) is 0 Å². The summed E-state index contributed by atoms with van der Waals surface area (Å²) in [6, 6.07) is 7.44. The molecule has 0 saturated heterocycles. The Balaban J connectivity index is 2.11. The van der Waals surface area contributed by atoms with Crippen LogP contribution >= 0.6 is 34.2 Å². The van der Waals surface area contributed by atoms with Gasteiger partial charge < -0.3 is 0 Å². The number of nitrogens with zero attached hydrogens (tertiary/aromatic N) is 2. The molecule has 1 aromatic carbocycles. The molecule has 0 spiro atoms. The molecule has 0 saturated carbocycles. The molecule has 0 bridgehead atoms. The van der Waals surface area contributed by atoms with E-state index in [1.807, 2.05) is 24.3 Å². The van der Waals surface area contributed by atoms with Crippen molar-refractivity contribution in [2.45, 2.75) is 6.54 Å². The van der Waals surface area contributed by atoms with Gasteiger partial charge in [0.05, 0.1) is 11.2 Å². The van der Waals surface area contributed by atoms with Gasteiger partial charge in [-0.3, -0.25) is 9.48 Å². The Morgan fingerprint density at radius 2 is 2.06 bits per heavy atom. The monoisotopic (exact) mass is 346 g/mol. The number of rotatable bonds is 3. The lowest BCUT2D eigenvalue weighted by atomic mass is 10.1. The number of hydrogen-bond donors (Lipinski definition) is 0. The molecule has 82 valence electrons. The molecule has 0 unspecified atom stereocenters. The summed E-state index contributed by atoms with van der Waals surface area (Å²) >= 11 is 7.92. The number of Topliss-reactive ketones (excluding diaryl/α,β-unsaturated/α-hetero) is 1. The fourth-order valence-electron chi connectivity index (χ4n) is 1.30. The van der Waals surface area contributed by atoms with Crippen LogP contribution in [0.2, 0.25) is 5.02 Å². The second-order valence-electron chi connectivity index (χ2n) is 3.29. The molecule has 1 heterocycles. The lowest BCUT2D eigenvalue weighted by molar-refractivity contribution is 0.0967. The Hall–Kier alpha value is -0.880. The fraction of sp³-hybridized carbons (Fsp3) is 0.0909. The zero-order valence-electron chi connectivity index (χ0n) is 8.23. The predicted molar refractivity (Wildman–Crippen MR) is 70.7 cm³/mol. The lowest BCUT2D eigenvalue weighted by Gasteiger charge is -2.01. The lowest BCUT2D eigenvalue weighted by Crippen LogP contribution is -2.10. The molecule has 0 radical (unpaired) electrons. The second kappa shape index (κ2) is 4.97. The topological polar surface area (TPSA) is 34.9 Å². The SMILES string of the molecule is O=C(Cn1cc(Cl)cn1)c1ccc(I)cc1. The van der Waals surface area contributed by atoms with Gasteiger partial charge in [0.15, 0.2) is 5.78 Å². The van der Waals surface area contributed by atoms with Crippen molar-refractivity contribution >= 4 is 40.0 Å². The summed E-state index contributed by atoms with van der Waals surface area (Å²) < 4.78 is 2.64. The molecule has 0 aliphatic rings. The van der Waals surface area contributed by atoms with Gasteiger partial charge >= 0.3 is 0 Å². The summed E-state index contributed by atoms with van der Waals surface area (Å²) in [6.45, 7) is 0.216. The van der Waals surface area contributed by atoms with E-state index in [2.05, 4.69) is 27.7 Å². The van der Waals surface area contributed by atoms with Gasteiger partial charge in [-0.2, -0.15) is 5.10 Å². The van der Waals surface area contributed by atoms with Gasteiger partial charge in [-0.05, 0) is 34.7 Å². The Morgan fingerprint density at radius 3 is 2.62 bits per heavy atom. The van der Waals surface area contributed by atoms with Gasteiger partial charge in [-0.15, -0.1) is 0 Å². The molecule has 0 amide bonds. The average Bonchev–Trinajstić information content (AvgIpc) is 2.65. The number of hydrogen-bond acceptors (Lipinski definition) is 2. The van der Waals surface area contributed by atoms with E-state index in [0.29, 0.717) is 10.6 Å². The van der Waals surface area contributed by atoms with E-state index >= 15 is 0 Å². The van der Waals surface area contributed by atoms with E-state index in [-0.39, 0.29) is 12.3 Å². The quantitative estimate of drug-likeness (QED) is 0.632. The molecule has 3 nitrogen and oxygen atoms in total. The zero-order chi connectivity index (χ0) is 11.5. The first-order chi connectivity index (χ1) is 7.65. The minimum absolute atomic E-state index is 0.0242. The van der Waals surface area contributed by atoms with E-state index in [1.165, 1.54) is 10.9 Å². The molecule has 0 atom stereocenters. The third-order valence-electron chi connectivity index (χ3n) is 2.07. The van der Waals surface area contributed by atoms with Gasteiger partial charge in [-0.25, -0.2) is 0 Å². The number of ketones is 1. The summed E-state index contributed by atoms with van der Waals surface area (Å²) in [5.41, 5.74) is 0.687. The minimum atomic E-state index is 0.0242.